The van der Waals surface area contributed by atoms with E-state index in [1.165, 1.54) is 16.7 Å². The molecule has 0 aliphatic carbocycles. The van der Waals surface area contributed by atoms with Gasteiger partial charge in [-0.05, 0) is 53.5 Å². The van der Waals surface area contributed by atoms with Gasteiger partial charge in [0, 0.05) is 0 Å². The Labute approximate surface area is 148 Å². The van der Waals surface area contributed by atoms with Crippen LogP contribution in [0.25, 0.3) is 0 Å². The number of hydrogen-bond acceptors (Lipinski definition) is 2. The molecule has 0 unspecified atom stereocenters. The van der Waals surface area contributed by atoms with Crippen LogP contribution in [0.3, 0.4) is 0 Å². The van der Waals surface area contributed by atoms with Gasteiger partial charge in [0.05, 0.1) is 5.97 Å². The van der Waals surface area contributed by atoms with Crippen molar-refractivity contribution in [3.63, 3.8) is 0 Å². The first-order chi connectivity index (χ1) is 12.2. The summed E-state index contributed by atoms with van der Waals surface area (Å²) in [5.41, 5.74) is 5.48. The number of carboxylic acids is 1. The van der Waals surface area contributed by atoms with Crippen LogP contribution >= 0.6 is 0 Å². The number of aromatic carboxylic acids is 1. The van der Waals surface area contributed by atoms with E-state index in [1.54, 1.807) is 12.1 Å². The van der Waals surface area contributed by atoms with E-state index < -0.39 is 5.97 Å². The van der Waals surface area contributed by atoms with Crippen molar-refractivity contribution in [3.05, 3.63) is 107 Å². The second-order valence-corrected chi connectivity index (χ2v) is 6.24. The van der Waals surface area contributed by atoms with Crippen molar-refractivity contribution in [2.24, 2.45) is 0 Å². The molecular weight excluding hydrogens is 308 g/mol. The summed E-state index contributed by atoms with van der Waals surface area (Å²) in [4.78, 5) is 10.8. The van der Waals surface area contributed by atoms with E-state index in [-0.39, 0.29) is 5.56 Å². The van der Waals surface area contributed by atoms with Crippen LogP contribution in [0, 0.1) is 0 Å². The molecule has 0 saturated carbocycles. The minimum Gasteiger partial charge on any atom is -0.545 e. The molecule has 3 aromatic rings. The van der Waals surface area contributed by atoms with E-state index in [1.807, 2.05) is 18.2 Å². The summed E-state index contributed by atoms with van der Waals surface area (Å²) in [7, 11) is 0. The average Bonchev–Trinajstić information content (AvgIpc) is 2.66. The van der Waals surface area contributed by atoms with Crippen molar-refractivity contribution in [2.75, 3.05) is 0 Å². The zero-order chi connectivity index (χ0) is 17.5. The number of aryl methyl sites for hydroxylation is 4. The highest BCUT2D eigenvalue weighted by molar-refractivity contribution is 5.85. The van der Waals surface area contributed by atoms with E-state index in [4.69, 9.17) is 0 Å². The highest BCUT2D eigenvalue weighted by Gasteiger charge is 2.04. The maximum absolute atomic E-state index is 10.8. The number of carbonyl (C=O) groups is 1. The van der Waals surface area contributed by atoms with Gasteiger partial charge in [0.25, 0.3) is 0 Å². The van der Waals surface area contributed by atoms with Crippen molar-refractivity contribution in [1.29, 1.82) is 0 Å². The van der Waals surface area contributed by atoms with Crippen LogP contribution in [0.1, 0.15) is 32.6 Å². The van der Waals surface area contributed by atoms with Crippen LogP contribution < -0.4 is 5.11 Å². The molecule has 0 fully saturated rings. The van der Waals surface area contributed by atoms with Gasteiger partial charge in [0.15, 0.2) is 0 Å². The first kappa shape index (κ1) is 17.0. The zero-order valence-electron chi connectivity index (χ0n) is 14.2. The SMILES string of the molecule is O=C([O-])c1ccc(CCc2ccccc2CCc2ccccc2)cc1. The Morgan fingerprint density at radius 1 is 0.600 bits per heavy atom. The van der Waals surface area contributed by atoms with Gasteiger partial charge in [-0.1, -0.05) is 78.9 Å². The van der Waals surface area contributed by atoms with Crippen molar-refractivity contribution in [1.82, 2.24) is 0 Å². The lowest BCUT2D eigenvalue weighted by Gasteiger charge is -2.10. The first-order valence-corrected chi connectivity index (χ1v) is 8.63. The standard InChI is InChI=1S/C23H22O2/c24-23(25)22-16-12-19(13-17-22)11-15-21-9-5-4-8-20(21)14-10-18-6-2-1-3-7-18/h1-9,12-13,16-17H,10-11,14-15H2,(H,24,25)/p-1. The minimum atomic E-state index is -1.13. The number of rotatable bonds is 7. The molecule has 0 heterocycles. The van der Waals surface area contributed by atoms with Gasteiger partial charge >= 0.3 is 0 Å². The molecule has 3 rings (SSSR count). The summed E-state index contributed by atoms with van der Waals surface area (Å²) in [6.07, 6.45) is 3.92. The van der Waals surface area contributed by atoms with Gasteiger partial charge < -0.3 is 9.90 Å². The molecule has 0 aliphatic heterocycles. The molecule has 2 heteroatoms. The molecule has 0 bridgehead atoms. The third-order valence-corrected chi connectivity index (χ3v) is 4.52. The van der Waals surface area contributed by atoms with Gasteiger partial charge in [0.1, 0.15) is 0 Å². The predicted octanol–water partition coefficient (Wildman–Crippen LogP) is 3.62. The second kappa shape index (κ2) is 8.29. The van der Waals surface area contributed by atoms with Crippen LogP contribution in [0.2, 0.25) is 0 Å². The van der Waals surface area contributed by atoms with Crippen LogP contribution in [0.5, 0.6) is 0 Å². The van der Waals surface area contributed by atoms with Crippen LogP contribution in [0.4, 0.5) is 0 Å². The maximum atomic E-state index is 10.8. The Hall–Kier alpha value is -2.87. The molecule has 25 heavy (non-hydrogen) atoms. The summed E-state index contributed by atoms with van der Waals surface area (Å²) in [6.45, 7) is 0. The van der Waals surface area contributed by atoms with Crippen LogP contribution in [-0.2, 0) is 25.7 Å². The Morgan fingerprint density at radius 3 is 1.60 bits per heavy atom. The number of carboxylic acid groups (broad SMARTS) is 1. The van der Waals surface area contributed by atoms with Gasteiger partial charge in [-0.3, -0.25) is 0 Å². The molecule has 2 nitrogen and oxygen atoms in total. The third-order valence-electron chi connectivity index (χ3n) is 4.52. The quantitative estimate of drug-likeness (QED) is 0.664. The number of benzene rings is 3. The Balaban J connectivity index is 1.63. The number of carbonyl (C=O) groups excluding carboxylic acids is 1. The Kier molecular flexibility index (Phi) is 5.63. The summed E-state index contributed by atoms with van der Waals surface area (Å²) in [5.74, 6) is -1.13. The minimum absolute atomic E-state index is 0.229. The smallest absolute Gasteiger partial charge is 0.0715 e. The third kappa shape index (κ3) is 4.80. The fourth-order valence-corrected chi connectivity index (χ4v) is 3.06. The van der Waals surface area contributed by atoms with Gasteiger partial charge in [-0.2, -0.15) is 0 Å². The molecule has 0 aliphatic rings. The van der Waals surface area contributed by atoms with Gasteiger partial charge in [-0.25, -0.2) is 0 Å². The molecular formula is C23H21O2-. The topological polar surface area (TPSA) is 40.1 Å². The molecule has 0 N–H and O–H groups in total. The van der Waals surface area contributed by atoms with Crippen molar-refractivity contribution in [2.45, 2.75) is 25.7 Å². The van der Waals surface area contributed by atoms with Gasteiger partial charge in [-0.15, -0.1) is 0 Å². The summed E-state index contributed by atoms with van der Waals surface area (Å²) < 4.78 is 0. The van der Waals surface area contributed by atoms with Crippen molar-refractivity contribution >= 4 is 5.97 Å². The van der Waals surface area contributed by atoms with E-state index in [0.29, 0.717) is 0 Å². The average molecular weight is 329 g/mol. The molecule has 0 radical (unpaired) electrons. The fourth-order valence-electron chi connectivity index (χ4n) is 3.06. The normalized spacial score (nSPS) is 10.6. The summed E-state index contributed by atoms with van der Waals surface area (Å²) in [5, 5.41) is 10.8. The second-order valence-electron chi connectivity index (χ2n) is 6.24. The lowest BCUT2D eigenvalue weighted by atomic mass is 9.95. The summed E-state index contributed by atoms with van der Waals surface area (Å²) >= 11 is 0. The highest BCUT2D eigenvalue weighted by Crippen LogP contribution is 2.16. The fraction of sp³-hybridized carbons (Fsp3) is 0.174. The molecule has 0 atom stereocenters. The largest absolute Gasteiger partial charge is 0.545 e. The Morgan fingerprint density at radius 2 is 1.08 bits per heavy atom. The lowest BCUT2D eigenvalue weighted by Crippen LogP contribution is -2.22. The maximum Gasteiger partial charge on any atom is 0.0715 e. The van der Waals surface area contributed by atoms with Crippen molar-refractivity contribution < 1.29 is 9.90 Å². The van der Waals surface area contributed by atoms with E-state index in [2.05, 4.69) is 48.5 Å². The molecule has 3 aromatic carbocycles. The lowest BCUT2D eigenvalue weighted by molar-refractivity contribution is -0.255. The van der Waals surface area contributed by atoms with Crippen LogP contribution in [-0.4, -0.2) is 5.97 Å². The first-order valence-electron chi connectivity index (χ1n) is 8.63. The molecule has 0 amide bonds. The molecule has 126 valence electrons. The van der Waals surface area contributed by atoms with Crippen molar-refractivity contribution in [3.8, 4) is 0 Å². The van der Waals surface area contributed by atoms with Gasteiger partial charge in [0.2, 0.25) is 0 Å². The summed E-state index contributed by atoms with van der Waals surface area (Å²) in [6, 6.07) is 26.1. The van der Waals surface area contributed by atoms with E-state index >= 15 is 0 Å². The van der Waals surface area contributed by atoms with Crippen LogP contribution in [0.15, 0.2) is 78.9 Å². The highest BCUT2D eigenvalue weighted by atomic mass is 16.4. The molecule has 0 aromatic heterocycles. The Bertz CT molecular complexity index is 820. The molecule has 0 spiro atoms. The van der Waals surface area contributed by atoms with E-state index in [0.717, 1.165) is 31.2 Å². The predicted molar refractivity (Wildman–Crippen MR) is 98.5 cm³/mol. The number of hydrogen-bond donors (Lipinski definition) is 0. The molecule has 0 saturated heterocycles. The zero-order valence-corrected chi connectivity index (χ0v) is 14.2. The monoisotopic (exact) mass is 329 g/mol. The van der Waals surface area contributed by atoms with E-state index in [9.17, 15) is 9.90 Å².